The third kappa shape index (κ3) is 3.21. The summed E-state index contributed by atoms with van der Waals surface area (Å²) in [6, 6.07) is 11.5. The van der Waals surface area contributed by atoms with Crippen molar-refractivity contribution in [2.75, 3.05) is 19.7 Å². The van der Waals surface area contributed by atoms with Gasteiger partial charge in [-0.25, -0.2) is 9.97 Å². The fourth-order valence-electron chi connectivity index (χ4n) is 2.98. The third-order valence-corrected chi connectivity index (χ3v) is 4.29. The topological polar surface area (TPSA) is 68.2 Å². The Balaban J connectivity index is 1.56. The van der Waals surface area contributed by atoms with Gasteiger partial charge in [-0.15, -0.1) is 0 Å². The number of benzene rings is 1. The lowest BCUT2D eigenvalue weighted by Gasteiger charge is -2.32. The molecule has 1 aromatic carbocycles. The summed E-state index contributed by atoms with van der Waals surface area (Å²) in [4.78, 5) is 27.7. The number of para-hydroxylation sites is 1. The van der Waals surface area contributed by atoms with Gasteiger partial charge in [0.2, 0.25) is 0 Å². The second kappa shape index (κ2) is 6.57. The number of amides is 1. The molecule has 0 spiro atoms. The monoisotopic (exact) mass is 334 g/mol. The highest BCUT2D eigenvalue weighted by molar-refractivity contribution is 5.97. The molecule has 0 unspecified atom stereocenters. The molecule has 4 rings (SSSR count). The number of rotatable bonds is 2. The summed E-state index contributed by atoms with van der Waals surface area (Å²) >= 11 is 0. The molecule has 0 radical (unpaired) electrons. The van der Waals surface area contributed by atoms with Crippen molar-refractivity contribution < 1.29 is 9.53 Å². The largest absolute Gasteiger partial charge is 0.367 e. The summed E-state index contributed by atoms with van der Waals surface area (Å²) in [5.74, 6) is 0.577. The van der Waals surface area contributed by atoms with Crippen molar-refractivity contribution in [2.24, 2.45) is 0 Å². The molecule has 1 aliphatic rings. The number of morpholine rings is 1. The van der Waals surface area contributed by atoms with E-state index in [0.29, 0.717) is 31.1 Å². The number of hydrogen-bond donors (Lipinski definition) is 0. The molecular formula is C19H18N4O2. The van der Waals surface area contributed by atoms with Crippen molar-refractivity contribution in [2.45, 2.75) is 13.0 Å². The van der Waals surface area contributed by atoms with Crippen LogP contribution in [-0.2, 0) is 4.74 Å². The van der Waals surface area contributed by atoms with Crippen LogP contribution in [0.3, 0.4) is 0 Å². The fraction of sp³-hybridized carbons (Fsp3) is 0.263. The Bertz CT molecular complexity index is 928. The zero-order valence-corrected chi connectivity index (χ0v) is 13.9. The second-order valence-electron chi connectivity index (χ2n) is 6.08. The van der Waals surface area contributed by atoms with E-state index in [1.807, 2.05) is 43.3 Å². The van der Waals surface area contributed by atoms with E-state index in [1.165, 1.54) is 0 Å². The van der Waals surface area contributed by atoms with Crippen molar-refractivity contribution in [3.63, 3.8) is 0 Å². The predicted molar refractivity (Wildman–Crippen MR) is 93.1 cm³/mol. The van der Waals surface area contributed by atoms with Gasteiger partial charge in [-0.3, -0.25) is 9.78 Å². The van der Waals surface area contributed by atoms with Crippen LogP contribution >= 0.6 is 0 Å². The maximum atomic E-state index is 12.9. The van der Waals surface area contributed by atoms with Crippen molar-refractivity contribution in [3.05, 3.63) is 65.9 Å². The maximum Gasteiger partial charge on any atom is 0.255 e. The second-order valence-corrected chi connectivity index (χ2v) is 6.08. The number of aromatic nitrogens is 3. The van der Waals surface area contributed by atoms with Gasteiger partial charge in [-0.1, -0.05) is 18.2 Å². The molecule has 1 fully saturated rings. The van der Waals surface area contributed by atoms with E-state index in [4.69, 9.17) is 4.74 Å². The highest BCUT2D eigenvalue weighted by atomic mass is 16.5. The Morgan fingerprint density at radius 3 is 3.00 bits per heavy atom. The minimum atomic E-state index is -0.300. The van der Waals surface area contributed by atoms with Crippen LogP contribution in [0.15, 0.2) is 48.8 Å². The molecule has 0 N–H and O–H groups in total. The Morgan fingerprint density at radius 1 is 1.24 bits per heavy atom. The van der Waals surface area contributed by atoms with E-state index in [9.17, 15) is 4.79 Å². The van der Waals surface area contributed by atoms with Crippen LogP contribution in [0.1, 0.15) is 28.0 Å². The number of carbonyl (C=O) groups excluding carboxylic acids is 1. The minimum absolute atomic E-state index is 0.0424. The molecule has 3 heterocycles. The molecule has 25 heavy (non-hydrogen) atoms. The first-order valence-electron chi connectivity index (χ1n) is 8.26. The van der Waals surface area contributed by atoms with Crippen molar-refractivity contribution >= 4 is 16.8 Å². The van der Waals surface area contributed by atoms with Crippen LogP contribution in [0.25, 0.3) is 10.9 Å². The summed E-state index contributed by atoms with van der Waals surface area (Å²) in [6.07, 6.45) is 3.05. The van der Waals surface area contributed by atoms with Crippen LogP contribution in [0, 0.1) is 6.92 Å². The van der Waals surface area contributed by atoms with Gasteiger partial charge >= 0.3 is 0 Å². The third-order valence-electron chi connectivity index (χ3n) is 4.29. The van der Waals surface area contributed by atoms with Crippen molar-refractivity contribution in [3.8, 4) is 0 Å². The van der Waals surface area contributed by atoms with Crippen LogP contribution in [0.5, 0.6) is 0 Å². The standard InChI is InChI=1S/C19H18N4O2/c1-13-6-7-20-18(22-13)17-12-23(8-9-25-17)19(24)15-10-14-4-2-3-5-16(14)21-11-15/h2-7,10-11,17H,8-9,12H2,1H3/t17-/m0/s1. The highest BCUT2D eigenvalue weighted by Gasteiger charge is 2.28. The molecule has 0 saturated carbocycles. The van der Waals surface area contributed by atoms with Gasteiger partial charge in [0.1, 0.15) is 6.10 Å². The zero-order chi connectivity index (χ0) is 17.2. The quantitative estimate of drug-likeness (QED) is 0.720. The molecule has 126 valence electrons. The summed E-state index contributed by atoms with van der Waals surface area (Å²) in [7, 11) is 0. The molecule has 1 atom stereocenters. The molecule has 6 nitrogen and oxygen atoms in total. The number of aryl methyl sites for hydroxylation is 1. The minimum Gasteiger partial charge on any atom is -0.367 e. The van der Waals surface area contributed by atoms with E-state index < -0.39 is 0 Å². The fourth-order valence-corrected chi connectivity index (χ4v) is 2.98. The Labute approximate surface area is 145 Å². The number of pyridine rings is 1. The predicted octanol–water partition coefficient (Wildman–Crippen LogP) is 2.55. The van der Waals surface area contributed by atoms with Gasteiger partial charge in [-0.05, 0) is 25.1 Å². The maximum absolute atomic E-state index is 12.9. The molecule has 1 amide bonds. The van der Waals surface area contributed by atoms with E-state index in [1.54, 1.807) is 17.3 Å². The molecule has 1 aliphatic heterocycles. The first kappa shape index (κ1) is 15.7. The average molecular weight is 334 g/mol. The Morgan fingerprint density at radius 2 is 2.12 bits per heavy atom. The lowest BCUT2D eigenvalue weighted by molar-refractivity contribution is -0.0268. The normalized spacial score (nSPS) is 17.6. The van der Waals surface area contributed by atoms with Crippen LogP contribution in [0.2, 0.25) is 0 Å². The summed E-state index contributed by atoms with van der Waals surface area (Å²) in [6.45, 7) is 3.37. The van der Waals surface area contributed by atoms with Crippen LogP contribution in [-0.4, -0.2) is 45.5 Å². The van der Waals surface area contributed by atoms with Gasteiger partial charge in [-0.2, -0.15) is 0 Å². The van der Waals surface area contributed by atoms with Crippen molar-refractivity contribution in [1.29, 1.82) is 0 Å². The molecule has 1 saturated heterocycles. The average Bonchev–Trinajstić information content (AvgIpc) is 2.67. The number of carbonyl (C=O) groups is 1. The molecular weight excluding hydrogens is 316 g/mol. The molecule has 3 aromatic rings. The Hall–Kier alpha value is -2.86. The van der Waals surface area contributed by atoms with Gasteiger partial charge in [0.25, 0.3) is 5.91 Å². The van der Waals surface area contributed by atoms with E-state index in [-0.39, 0.29) is 12.0 Å². The summed E-state index contributed by atoms with van der Waals surface area (Å²) < 4.78 is 5.77. The van der Waals surface area contributed by atoms with E-state index in [2.05, 4.69) is 15.0 Å². The summed E-state index contributed by atoms with van der Waals surface area (Å²) in [5, 5.41) is 0.958. The smallest absolute Gasteiger partial charge is 0.255 e. The Kier molecular flexibility index (Phi) is 4.11. The van der Waals surface area contributed by atoms with Crippen LogP contribution < -0.4 is 0 Å². The van der Waals surface area contributed by atoms with Gasteiger partial charge in [0.15, 0.2) is 5.82 Å². The van der Waals surface area contributed by atoms with Gasteiger partial charge < -0.3 is 9.64 Å². The zero-order valence-electron chi connectivity index (χ0n) is 13.9. The lowest BCUT2D eigenvalue weighted by Crippen LogP contribution is -2.42. The lowest BCUT2D eigenvalue weighted by atomic mass is 10.1. The van der Waals surface area contributed by atoms with Gasteiger partial charge in [0, 0.05) is 30.0 Å². The molecule has 2 aromatic heterocycles. The van der Waals surface area contributed by atoms with Gasteiger partial charge in [0.05, 0.1) is 24.2 Å². The molecule has 0 aliphatic carbocycles. The first-order valence-corrected chi connectivity index (χ1v) is 8.26. The first-order chi connectivity index (χ1) is 12.2. The number of nitrogens with zero attached hydrogens (tertiary/aromatic N) is 4. The highest BCUT2D eigenvalue weighted by Crippen LogP contribution is 2.21. The number of ether oxygens (including phenoxy) is 1. The van der Waals surface area contributed by atoms with E-state index >= 15 is 0 Å². The molecule has 6 heteroatoms. The van der Waals surface area contributed by atoms with Crippen LogP contribution in [0.4, 0.5) is 0 Å². The number of fused-ring (bicyclic) bond motifs is 1. The molecule has 0 bridgehead atoms. The SMILES string of the molecule is Cc1ccnc([C@@H]2CN(C(=O)c3cnc4ccccc4c3)CCO2)n1. The van der Waals surface area contributed by atoms with Crippen molar-refractivity contribution in [1.82, 2.24) is 19.9 Å². The summed E-state index contributed by atoms with van der Waals surface area (Å²) in [5.41, 5.74) is 2.35. The van der Waals surface area contributed by atoms with E-state index in [0.717, 1.165) is 16.6 Å². The number of hydrogen-bond acceptors (Lipinski definition) is 5.